The Kier molecular flexibility index (Phi) is 5.00. The lowest BCUT2D eigenvalue weighted by atomic mass is 10.0. The highest BCUT2D eigenvalue weighted by atomic mass is 16.5. The number of benzene rings is 1. The lowest BCUT2D eigenvalue weighted by molar-refractivity contribution is -0.116. The summed E-state index contributed by atoms with van der Waals surface area (Å²) in [7, 11) is 3.96. The van der Waals surface area contributed by atoms with Crippen molar-refractivity contribution in [3.05, 3.63) is 47.6 Å². The van der Waals surface area contributed by atoms with Crippen LogP contribution in [0.5, 0.6) is 0 Å². The maximum absolute atomic E-state index is 12.9. The summed E-state index contributed by atoms with van der Waals surface area (Å²) in [5, 5.41) is 9.66. The summed E-state index contributed by atoms with van der Waals surface area (Å²) in [4.78, 5) is 42.5. The Morgan fingerprint density at radius 1 is 1.21 bits per heavy atom. The lowest BCUT2D eigenvalue weighted by Crippen LogP contribution is -2.30. The number of aromatic amines is 1. The Bertz CT molecular complexity index is 1370. The molecule has 1 aliphatic rings. The Balaban J connectivity index is 1.34. The second-order valence-corrected chi connectivity index (χ2v) is 8.09. The van der Waals surface area contributed by atoms with Gasteiger partial charge in [0, 0.05) is 37.8 Å². The average Bonchev–Trinajstić information content (AvgIpc) is 3.45. The second kappa shape index (κ2) is 8.01. The fraction of sp³-hybridized carbons (Fsp3) is 0.273. The SMILES string of the molecule is C[C@@H](NC(=O)c1ncnc2c1CCC(=O)N2)c1cc(-c2nc3ccc(N(C)C)cc3[nH]2)no1. The first kappa shape index (κ1) is 20.6. The molecule has 5 rings (SSSR count). The number of H-pyrrole nitrogens is 1. The molecular weight excluding hydrogens is 424 g/mol. The largest absolute Gasteiger partial charge is 0.378 e. The number of amides is 2. The van der Waals surface area contributed by atoms with E-state index >= 15 is 0 Å². The fourth-order valence-corrected chi connectivity index (χ4v) is 3.72. The summed E-state index contributed by atoms with van der Waals surface area (Å²) < 4.78 is 5.48. The van der Waals surface area contributed by atoms with Gasteiger partial charge >= 0.3 is 0 Å². The number of imidazole rings is 1. The third kappa shape index (κ3) is 3.88. The highest BCUT2D eigenvalue weighted by molar-refractivity contribution is 5.99. The third-order valence-electron chi connectivity index (χ3n) is 5.55. The van der Waals surface area contributed by atoms with E-state index in [4.69, 9.17) is 4.52 Å². The van der Waals surface area contributed by atoms with Crippen LogP contribution in [0.15, 0.2) is 35.1 Å². The third-order valence-corrected chi connectivity index (χ3v) is 5.55. The monoisotopic (exact) mass is 446 g/mol. The molecule has 4 heterocycles. The lowest BCUT2D eigenvalue weighted by Gasteiger charge is -2.18. The summed E-state index contributed by atoms with van der Waals surface area (Å²) in [5.74, 6) is 0.927. The zero-order valence-corrected chi connectivity index (χ0v) is 18.3. The highest BCUT2D eigenvalue weighted by Gasteiger charge is 2.25. The van der Waals surface area contributed by atoms with Gasteiger partial charge in [-0.15, -0.1) is 0 Å². The molecule has 0 unspecified atom stereocenters. The van der Waals surface area contributed by atoms with Crippen LogP contribution in [-0.4, -0.2) is 51.0 Å². The molecule has 1 aromatic carbocycles. The van der Waals surface area contributed by atoms with Gasteiger partial charge in [0.25, 0.3) is 5.91 Å². The fourth-order valence-electron chi connectivity index (χ4n) is 3.72. The van der Waals surface area contributed by atoms with Crippen molar-refractivity contribution in [1.82, 2.24) is 30.4 Å². The Labute approximate surface area is 188 Å². The molecule has 3 aromatic heterocycles. The van der Waals surface area contributed by atoms with Crippen LogP contribution in [-0.2, 0) is 11.2 Å². The van der Waals surface area contributed by atoms with Crippen LogP contribution in [0.1, 0.15) is 41.2 Å². The zero-order valence-electron chi connectivity index (χ0n) is 18.3. The molecular formula is C22H22N8O3. The smallest absolute Gasteiger partial charge is 0.270 e. The first-order chi connectivity index (χ1) is 15.9. The number of hydrogen-bond donors (Lipinski definition) is 3. The number of nitrogens with zero attached hydrogens (tertiary/aromatic N) is 5. The predicted octanol–water partition coefficient (Wildman–Crippen LogP) is 2.45. The van der Waals surface area contributed by atoms with E-state index in [1.165, 1.54) is 6.33 Å². The number of aromatic nitrogens is 5. The van der Waals surface area contributed by atoms with E-state index in [2.05, 4.69) is 35.7 Å². The molecule has 0 saturated carbocycles. The Morgan fingerprint density at radius 3 is 2.88 bits per heavy atom. The van der Waals surface area contributed by atoms with Crippen LogP contribution in [0, 0.1) is 0 Å². The van der Waals surface area contributed by atoms with Crippen molar-refractivity contribution in [3.8, 4) is 11.5 Å². The van der Waals surface area contributed by atoms with E-state index < -0.39 is 6.04 Å². The average molecular weight is 446 g/mol. The maximum atomic E-state index is 12.9. The molecule has 4 aromatic rings. The number of carbonyl (C=O) groups is 2. The molecule has 0 radical (unpaired) electrons. The molecule has 3 N–H and O–H groups in total. The van der Waals surface area contributed by atoms with Gasteiger partial charge in [-0.25, -0.2) is 15.0 Å². The van der Waals surface area contributed by atoms with Crippen LogP contribution in [0.25, 0.3) is 22.6 Å². The van der Waals surface area contributed by atoms with Gasteiger partial charge in [-0.2, -0.15) is 0 Å². The minimum absolute atomic E-state index is 0.126. The molecule has 11 nitrogen and oxygen atoms in total. The number of nitrogens with one attached hydrogen (secondary N) is 3. The number of fused-ring (bicyclic) bond motifs is 2. The minimum atomic E-state index is -0.465. The number of rotatable bonds is 5. The van der Waals surface area contributed by atoms with Gasteiger partial charge in [-0.1, -0.05) is 5.16 Å². The minimum Gasteiger partial charge on any atom is -0.378 e. The predicted molar refractivity (Wildman–Crippen MR) is 121 cm³/mol. The van der Waals surface area contributed by atoms with E-state index in [-0.39, 0.29) is 23.9 Å². The van der Waals surface area contributed by atoms with E-state index in [0.29, 0.717) is 35.1 Å². The van der Waals surface area contributed by atoms with E-state index in [0.717, 1.165) is 16.7 Å². The van der Waals surface area contributed by atoms with Crippen molar-refractivity contribution in [2.45, 2.75) is 25.8 Å². The molecule has 0 bridgehead atoms. The van der Waals surface area contributed by atoms with Crippen molar-refractivity contribution in [3.63, 3.8) is 0 Å². The van der Waals surface area contributed by atoms with Crippen LogP contribution in [0.4, 0.5) is 11.5 Å². The molecule has 0 saturated heterocycles. The standard InChI is InChI=1S/C22H22N8O3/c1-11(25-22(32)19-13-5-7-18(31)28-20(13)24-10-23-19)17-9-16(29-33-17)21-26-14-6-4-12(30(2)3)8-15(14)27-21/h4,6,8-11H,5,7H2,1-3H3,(H,25,32)(H,26,27)(H,23,24,28,31)/t11-/m1/s1. The van der Waals surface area contributed by atoms with Crippen molar-refractivity contribution in [2.24, 2.45) is 0 Å². The van der Waals surface area contributed by atoms with Gasteiger partial charge in [0.2, 0.25) is 5.91 Å². The number of carbonyl (C=O) groups excluding carboxylic acids is 2. The van der Waals surface area contributed by atoms with E-state index in [1.54, 1.807) is 13.0 Å². The molecule has 0 spiro atoms. The van der Waals surface area contributed by atoms with Gasteiger partial charge in [0.15, 0.2) is 11.6 Å². The van der Waals surface area contributed by atoms with Crippen LogP contribution < -0.4 is 15.5 Å². The summed E-state index contributed by atoms with van der Waals surface area (Å²) >= 11 is 0. The summed E-state index contributed by atoms with van der Waals surface area (Å²) in [5.41, 5.74) is 4.17. The van der Waals surface area contributed by atoms with Gasteiger partial charge in [-0.05, 0) is 31.5 Å². The molecule has 2 amide bonds. The Morgan fingerprint density at radius 2 is 2.06 bits per heavy atom. The number of hydrogen-bond acceptors (Lipinski definition) is 8. The molecule has 0 aliphatic carbocycles. The molecule has 33 heavy (non-hydrogen) atoms. The van der Waals surface area contributed by atoms with Crippen molar-refractivity contribution < 1.29 is 14.1 Å². The van der Waals surface area contributed by atoms with Crippen molar-refractivity contribution in [1.29, 1.82) is 0 Å². The topological polar surface area (TPSA) is 142 Å². The summed E-state index contributed by atoms with van der Waals surface area (Å²) in [6.07, 6.45) is 1.96. The normalized spacial score (nSPS) is 14.0. The first-order valence-electron chi connectivity index (χ1n) is 10.5. The quantitative estimate of drug-likeness (QED) is 0.424. The van der Waals surface area contributed by atoms with Gasteiger partial charge in [0.05, 0.1) is 17.1 Å². The van der Waals surface area contributed by atoms with Crippen molar-refractivity contribution in [2.75, 3.05) is 24.3 Å². The molecule has 0 fully saturated rings. The Hall–Kier alpha value is -4.28. The van der Waals surface area contributed by atoms with Crippen molar-refractivity contribution >= 4 is 34.4 Å². The van der Waals surface area contributed by atoms with Gasteiger partial charge < -0.3 is 25.0 Å². The van der Waals surface area contributed by atoms with E-state index in [1.807, 2.05) is 37.2 Å². The molecule has 1 atom stereocenters. The molecule has 168 valence electrons. The van der Waals surface area contributed by atoms with Crippen LogP contribution in [0.3, 0.4) is 0 Å². The summed E-state index contributed by atoms with van der Waals surface area (Å²) in [6.45, 7) is 1.79. The molecule has 11 heteroatoms. The number of anilines is 2. The van der Waals surface area contributed by atoms with Crippen LogP contribution >= 0.6 is 0 Å². The van der Waals surface area contributed by atoms with Gasteiger partial charge in [0.1, 0.15) is 23.5 Å². The summed E-state index contributed by atoms with van der Waals surface area (Å²) in [6, 6.07) is 7.23. The second-order valence-electron chi connectivity index (χ2n) is 8.09. The highest BCUT2D eigenvalue weighted by Crippen LogP contribution is 2.26. The zero-order chi connectivity index (χ0) is 23.1. The maximum Gasteiger partial charge on any atom is 0.270 e. The van der Waals surface area contributed by atoms with Gasteiger partial charge in [-0.3, -0.25) is 9.59 Å². The van der Waals surface area contributed by atoms with E-state index in [9.17, 15) is 9.59 Å². The first-order valence-corrected chi connectivity index (χ1v) is 10.5. The molecule has 1 aliphatic heterocycles. The van der Waals surface area contributed by atoms with Crippen LogP contribution in [0.2, 0.25) is 0 Å².